The molecule has 0 radical (unpaired) electrons. The van der Waals surface area contributed by atoms with Crippen LogP contribution in [-0.2, 0) is 26.6 Å². The van der Waals surface area contributed by atoms with Crippen LogP contribution in [0.4, 0.5) is 0 Å². The van der Waals surface area contributed by atoms with E-state index < -0.39 is 0 Å². The highest BCUT2D eigenvalue weighted by Gasteiger charge is 2.24. The predicted molar refractivity (Wildman–Crippen MR) is 89.2 cm³/mol. The van der Waals surface area contributed by atoms with Crippen molar-refractivity contribution in [2.24, 2.45) is 7.05 Å². The third kappa shape index (κ3) is 3.64. The molecule has 3 rings (SSSR count). The largest absolute Gasteiger partial charge is 0.394 e. The Hall–Kier alpha value is -1.66. The maximum absolute atomic E-state index is 9.14. The van der Waals surface area contributed by atoms with E-state index in [4.69, 9.17) is 5.11 Å². The Morgan fingerprint density at radius 2 is 2.09 bits per heavy atom. The van der Waals surface area contributed by atoms with Gasteiger partial charge in [0.25, 0.3) is 0 Å². The molecule has 0 unspecified atom stereocenters. The van der Waals surface area contributed by atoms with Crippen molar-refractivity contribution >= 4 is 0 Å². The lowest BCUT2D eigenvalue weighted by atomic mass is 9.93. The summed E-state index contributed by atoms with van der Waals surface area (Å²) in [6.07, 6.45) is 7.30. The molecule has 1 aliphatic rings. The summed E-state index contributed by atoms with van der Waals surface area (Å²) < 4.78 is 3.88. The smallest absolute Gasteiger partial charge is 0.0666 e. The average molecular weight is 317 g/mol. The van der Waals surface area contributed by atoms with Crippen LogP contribution in [0.3, 0.4) is 0 Å². The third-order valence-electron chi connectivity index (χ3n) is 4.79. The summed E-state index contributed by atoms with van der Waals surface area (Å²) in [5, 5.41) is 18.0. The zero-order chi connectivity index (χ0) is 16.2. The number of piperidine rings is 1. The van der Waals surface area contributed by atoms with E-state index in [-0.39, 0.29) is 6.61 Å². The first-order chi connectivity index (χ1) is 11.2. The van der Waals surface area contributed by atoms with Crippen molar-refractivity contribution in [2.45, 2.75) is 45.2 Å². The summed E-state index contributed by atoms with van der Waals surface area (Å²) in [6.45, 7) is 6.12. The van der Waals surface area contributed by atoms with Crippen LogP contribution in [0, 0.1) is 0 Å². The Morgan fingerprint density at radius 1 is 1.30 bits per heavy atom. The number of nitrogens with zero attached hydrogens (tertiary/aromatic N) is 5. The fourth-order valence-corrected chi connectivity index (χ4v) is 3.61. The van der Waals surface area contributed by atoms with Crippen LogP contribution in [0.15, 0.2) is 18.5 Å². The molecule has 6 nitrogen and oxygen atoms in total. The molecule has 0 aliphatic carbocycles. The summed E-state index contributed by atoms with van der Waals surface area (Å²) in [5.41, 5.74) is 3.85. The summed E-state index contributed by atoms with van der Waals surface area (Å²) in [6, 6.07) is 2.10. The second kappa shape index (κ2) is 7.27. The Kier molecular flexibility index (Phi) is 5.13. The molecule has 0 bridgehead atoms. The molecule has 0 aromatic carbocycles. The van der Waals surface area contributed by atoms with Gasteiger partial charge in [0.15, 0.2) is 0 Å². The van der Waals surface area contributed by atoms with Crippen LogP contribution in [-0.4, -0.2) is 49.3 Å². The molecule has 1 aliphatic heterocycles. The number of hydrogen-bond donors (Lipinski definition) is 1. The Balaban J connectivity index is 1.59. The van der Waals surface area contributed by atoms with Crippen molar-refractivity contribution in [1.82, 2.24) is 24.5 Å². The van der Waals surface area contributed by atoms with Crippen LogP contribution in [0.25, 0.3) is 0 Å². The first-order valence-electron chi connectivity index (χ1n) is 8.57. The fourth-order valence-electron chi connectivity index (χ4n) is 3.61. The van der Waals surface area contributed by atoms with E-state index in [1.807, 2.05) is 22.6 Å². The van der Waals surface area contributed by atoms with Gasteiger partial charge in [0.2, 0.25) is 0 Å². The van der Waals surface area contributed by atoms with Crippen molar-refractivity contribution in [1.29, 1.82) is 0 Å². The second-order valence-electron chi connectivity index (χ2n) is 6.38. The zero-order valence-electron chi connectivity index (χ0n) is 14.1. The molecule has 3 heterocycles. The lowest BCUT2D eigenvalue weighted by Crippen LogP contribution is -2.33. The summed E-state index contributed by atoms with van der Waals surface area (Å²) in [7, 11) is 2.00. The molecule has 1 saturated heterocycles. The lowest BCUT2D eigenvalue weighted by molar-refractivity contribution is 0.198. The minimum absolute atomic E-state index is 0.147. The van der Waals surface area contributed by atoms with Gasteiger partial charge in [-0.1, -0.05) is 6.92 Å². The van der Waals surface area contributed by atoms with Gasteiger partial charge in [0.1, 0.15) is 0 Å². The number of aliphatic hydroxyl groups is 1. The average Bonchev–Trinajstić information content (AvgIpc) is 3.15. The molecule has 2 aromatic heterocycles. The van der Waals surface area contributed by atoms with Crippen LogP contribution >= 0.6 is 0 Å². The SMILES string of the molecule is CCc1nn(C)cc1CN1CCC(c2ccnn2CCO)CC1. The van der Waals surface area contributed by atoms with E-state index >= 15 is 0 Å². The molecule has 2 aromatic rings. The van der Waals surface area contributed by atoms with E-state index in [1.54, 1.807) is 0 Å². The number of aliphatic hydroxyl groups excluding tert-OH is 1. The molecule has 1 N–H and O–H groups in total. The van der Waals surface area contributed by atoms with Crippen molar-refractivity contribution in [3.05, 3.63) is 35.4 Å². The minimum Gasteiger partial charge on any atom is -0.394 e. The highest BCUT2D eigenvalue weighted by molar-refractivity contribution is 5.17. The third-order valence-corrected chi connectivity index (χ3v) is 4.79. The Morgan fingerprint density at radius 3 is 2.78 bits per heavy atom. The number of aromatic nitrogens is 4. The molecule has 0 amide bonds. The summed E-state index contributed by atoms with van der Waals surface area (Å²) in [4.78, 5) is 2.53. The normalized spacial score (nSPS) is 17.0. The minimum atomic E-state index is 0.147. The fraction of sp³-hybridized carbons (Fsp3) is 0.647. The van der Waals surface area contributed by atoms with Gasteiger partial charge in [-0.25, -0.2) is 0 Å². The van der Waals surface area contributed by atoms with E-state index in [9.17, 15) is 0 Å². The number of aryl methyl sites for hydroxylation is 2. The van der Waals surface area contributed by atoms with Crippen LogP contribution in [0.2, 0.25) is 0 Å². The molecule has 1 fully saturated rings. The van der Waals surface area contributed by atoms with Crippen LogP contribution < -0.4 is 0 Å². The van der Waals surface area contributed by atoms with Gasteiger partial charge in [-0.15, -0.1) is 0 Å². The quantitative estimate of drug-likeness (QED) is 0.878. The van der Waals surface area contributed by atoms with Gasteiger partial charge in [-0.3, -0.25) is 14.3 Å². The maximum Gasteiger partial charge on any atom is 0.0666 e. The maximum atomic E-state index is 9.14. The number of hydrogen-bond acceptors (Lipinski definition) is 4. The zero-order valence-corrected chi connectivity index (χ0v) is 14.1. The van der Waals surface area contributed by atoms with E-state index in [0.717, 1.165) is 38.9 Å². The number of likely N-dealkylation sites (tertiary alicyclic amines) is 1. The monoisotopic (exact) mass is 317 g/mol. The molecule has 0 spiro atoms. The molecular formula is C17H27N5O. The highest BCUT2D eigenvalue weighted by atomic mass is 16.3. The number of rotatable bonds is 6. The van der Waals surface area contributed by atoms with E-state index in [1.165, 1.54) is 17.0 Å². The van der Waals surface area contributed by atoms with E-state index in [0.29, 0.717) is 12.5 Å². The Bertz CT molecular complexity index is 625. The molecular weight excluding hydrogens is 290 g/mol. The van der Waals surface area contributed by atoms with Crippen molar-refractivity contribution in [3.63, 3.8) is 0 Å². The van der Waals surface area contributed by atoms with Gasteiger partial charge in [0, 0.05) is 43.2 Å². The van der Waals surface area contributed by atoms with Crippen LogP contribution in [0.1, 0.15) is 42.6 Å². The van der Waals surface area contributed by atoms with Gasteiger partial charge in [-0.2, -0.15) is 10.2 Å². The van der Waals surface area contributed by atoms with Crippen molar-refractivity contribution < 1.29 is 5.11 Å². The topological polar surface area (TPSA) is 59.1 Å². The predicted octanol–water partition coefficient (Wildman–Crippen LogP) is 1.55. The van der Waals surface area contributed by atoms with Crippen molar-refractivity contribution in [3.8, 4) is 0 Å². The first kappa shape index (κ1) is 16.2. The first-order valence-corrected chi connectivity index (χ1v) is 8.57. The lowest BCUT2D eigenvalue weighted by Gasteiger charge is -2.32. The van der Waals surface area contributed by atoms with Crippen molar-refractivity contribution in [2.75, 3.05) is 19.7 Å². The highest BCUT2D eigenvalue weighted by Crippen LogP contribution is 2.28. The molecule has 23 heavy (non-hydrogen) atoms. The van der Waals surface area contributed by atoms with Gasteiger partial charge < -0.3 is 5.11 Å². The Labute approximate surface area is 137 Å². The molecule has 6 heteroatoms. The molecule has 0 saturated carbocycles. The van der Waals surface area contributed by atoms with Gasteiger partial charge >= 0.3 is 0 Å². The van der Waals surface area contributed by atoms with E-state index in [2.05, 4.69) is 34.3 Å². The standard InChI is InChI=1S/C17H27N5O/c1-3-16-15(12-20(2)19-16)13-21-8-5-14(6-9-21)17-4-7-18-22(17)10-11-23/h4,7,12,14,23H,3,5-6,8-11,13H2,1-2H3. The molecule has 126 valence electrons. The summed E-state index contributed by atoms with van der Waals surface area (Å²) in [5.74, 6) is 0.555. The molecule has 0 atom stereocenters. The van der Waals surface area contributed by atoms with Crippen LogP contribution in [0.5, 0.6) is 0 Å². The summed E-state index contributed by atoms with van der Waals surface area (Å²) >= 11 is 0. The second-order valence-corrected chi connectivity index (χ2v) is 6.38. The van der Waals surface area contributed by atoms with Gasteiger partial charge in [0.05, 0.1) is 18.8 Å². The van der Waals surface area contributed by atoms with Gasteiger partial charge in [-0.05, 0) is 38.4 Å².